The molecule has 0 radical (unpaired) electrons. The first kappa shape index (κ1) is 21.2. The molecular formula is C27H23ClN4O. The van der Waals surface area contributed by atoms with Crippen molar-refractivity contribution in [1.82, 2.24) is 15.3 Å². The van der Waals surface area contributed by atoms with Crippen molar-refractivity contribution < 1.29 is 5.11 Å². The molecule has 0 saturated carbocycles. The van der Waals surface area contributed by atoms with Crippen LogP contribution in [0.5, 0.6) is 5.88 Å². The van der Waals surface area contributed by atoms with Crippen LogP contribution in [0.3, 0.4) is 0 Å². The fourth-order valence-corrected chi connectivity index (χ4v) is 4.14. The van der Waals surface area contributed by atoms with Crippen LogP contribution in [0.25, 0.3) is 21.8 Å². The molecule has 3 N–H and O–H groups in total. The molecule has 0 saturated heterocycles. The van der Waals surface area contributed by atoms with Crippen LogP contribution in [0.4, 0.5) is 5.69 Å². The molecule has 0 unspecified atom stereocenters. The van der Waals surface area contributed by atoms with Gasteiger partial charge in [-0.15, -0.1) is 0 Å². The van der Waals surface area contributed by atoms with Gasteiger partial charge in [-0.05, 0) is 54.6 Å². The first-order chi connectivity index (χ1) is 16.1. The number of rotatable bonds is 6. The number of aromatic amines is 1. The second kappa shape index (κ2) is 9.06. The Kier molecular flexibility index (Phi) is 5.82. The zero-order valence-corrected chi connectivity index (χ0v) is 18.9. The van der Waals surface area contributed by atoms with Gasteiger partial charge in [0.1, 0.15) is 0 Å². The summed E-state index contributed by atoms with van der Waals surface area (Å²) in [5, 5.41) is 16.7. The van der Waals surface area contributed by atoms with E-state index in [4.69, 9.17) is 16.6 Å². The third-order valence-corrected chi connectivity index (χ3v) is 5.85. The average molecular weight is 455 g/mol. The van der Waals surface area contributed by atoms with Crippen LogP contribution in [0.2, 0.25) is 5.02 Å². The minimum Gasteiger partial charge on any atom is -0.494 e. The molecule has 5 aromatic rings. The molecule has 2 aromatic heterocycles. The highest BCUT2D eigenvalue weighted by Gasteiger charge is 2.19. The number of benzene rings is 3. The van der Waals surface area contributed by atoms with E-state index < -0.39 is 0 Å². The summed E-state index contributed by atoms with van der Waals surface area (Å²) in [5.74, 6) is 0.0565. The lowest BCUT2D eigenvalue weighted by molar-refractivity contribution is 0.457. The lowest BCUT2D eigenvalue weighted by Crippen LogP contribution is -2.11. The second-order valence-electron chi connectivity index (χ2n) is 7.86. The van der Waals surface area contributed by atoms with Gasteiger partial charge in [0.2, 0.25) is 0 Å². The molecule has 6 heteroatoms. The molecule has 0 aliphatic heterocycles. The maximum atomic E-state index is 10.9. The molecule has 0 amide bonds. The SMILES string of the molecule is CCNCc1ccc(N=C(c2ccc3ncccc3c2)c2c(O)[nH]c3cc(Cl)ccc23)cc1. The number of aromatic hydroxyl groups is 1. The maximum absolute atomic E-state index is 10.9. The molecule has 0 aliphatic carbocycles. The van der Waals surface area contributed by atoms with Gasteiger partial charge in [0.25, 0.3) is 0 Å². The number of nitrogens with zero attached hydrogens (tertiary/aromatic N) is 2. The predicted octanol–water partition coefficient (Wildman–Crippen LogP) is 6.35. The Bertz CT molecular complexity index is 1470. The van der Waals surface area contributed by atoms with Crippen LogP contribution in [0, 0.1) is 0 Å². The van der Waals surface area contributed by atoms with Crippen molar-refractivity contribution in [2.45, 2.75) is 13.5 Å². The number of fused-ring (bicyclic) bond motifs is 2. The number of hydrogen-bond donors (Lipinski definition) is 3. The summed E-state index contributed by atoms with van der Waals surface area (Å²) < 4.78 is 0. The topological polar surface area (TPSA) is 73.3 Å². The van der Waals surface area contributed by atoms with Crippen LogP contribution in [-0.2, 0) is 6.54 Å². The lowest BCUT2D eigenvalue weighted by atomic mass is 9.99. The zero-order chi connectivity index (χ0) is 22.8. The summed E-state index contributed by atoms with van der Waals surface area (Å²) in [6, 6.07) is 23.6. The zero-order valence-electron chi connectivity index (χ0n) is 18.1. The fraction of sp³-hybridized carbons (Fsp3) is 0.111. The molecule has 0 fully saturated rings. The molecule has 0 atom stereocenters. The van der Waals surface area contributed by atoms with E-state index in [2.05, 4.69) is 40.4 Å². The minimum atomic E-state index is 0.0565. The van der Waals surface area contributed by atoms with Gasteiger partial charge in [0.05, 0.1) is 28.0 Å². The largest absolute Gasteiger partial charge is 0.494 e. The van der Waals surface area contributed by atoms with Crippen molar-refractivity contribution in [2.75, 3.05) is 6.54 Å². The first-order valence-electron chi connectivity index (χ1n) is 10.9. The van der Waals surface area contributed by atoms with Crippen molar-refractivity contribution in [3.8, 4) is 5.88 Å². The summed E-state index contributed by atoms with van der Waals surface area (Å²) >= 11 is 6.18. The summed E-state index contributed by atoms with van der Waals surface area (Å²) in [7, 11) is 0. The number of aromatic nitrogens is 2. The summed E-state index contributed by atoms with van der Waals surface area (Å²) in [5.41, 5.74) is 5.86. The first-order valence-corrected chi connectivity index (χ1v) is 11.2. The van der Waals surface area contributed by atoms with Crippen LogP contribution in [-0.4, -0.2) is 27.3 Å². The molecule has 0 bridgehead atoms. The number of H-pyrrole nitrogens is 1. The van der Waals surface area contributed by atoms with E-state index in [1.807, 2.05) is 48.5 Å². The highest BCUT2D eigenvalue weighted by Crippen LogP contribution is 2.33. The van der Waals surface area contributed by atoms with Gasteiger partial charge in [-0.3, -0.25) is 4.98 Å². The minimum absolute atomic E-state index is 0.0565. The van der Waals surface area contributed by atoms with E-state index in [0.717, 1.165) is 46.1 Å². The summed E-state index contributed by atoms with van der Waals surface area (Å²) in [6.45, 7) is 3.82. The van der Waals surface area contributed by atoms with Crippen molar-refractivity contribution in [3.63, 3.8) is 0 Å². The van der Waals surface area contributed by atoms with Crippen LogP contribution < -0.4 is 5.32 Å². The Morgan fingerprint density at radius 2 is 1.91 bits per heavy atom. The van der Waals surface area contributed by atoms with E-state index in [-0.39, 0.29) is 5.88 Å². The standard InChI is InChI=1S/C27H23ClN4O/c1-2-29-16-17-5-9-21(10-6-17)31-26(19-7-12-23-18(14-19)4-3-13-30-23)25-22-11-8-20(28)15-24(22)32-27(25)33/h3-15,29,32-33H,2,16H2,1H3. The summed E-state index contributed by atoms with van der Waals surface area (Å²) in [6.07, 6.45) is 1.78. The Hall–Kier alpha value is -3.67. The van der Waals surface area contributed by atoms with E-state index in [1.54, 1.807) is 12.3 Å². The molecule has 3 aromatic carbocycles. The smallest absolute Gasteiger partial charge is 0.199 e. The molecule has 0 aliphatic rings. The number of aliphatic imine (C=N–C) groups is 1. The van der Waals surface area contributed by atoms with Gasteiger partial charge >= 0.3 is 0 Å². The number of hydrogen-bond acceptors (Lipinski definition) is 4. The van der Waals surface area contributed by atoms with Crippen LogP contribution in [0.1, 0.15) is 23.6 Å². The van der Waals surface area contributed by atoms with Gasteiger partial charge in [-0.2, -0.15) is 0 Å². The van der Waals surface area contributed by atoms with E-state index in [1.165, 1.54) is 5.56 Å². The molecule has 0 spiro atoms. The third kappa shape index (κ3) is 4.33. The molecule has 5 nitrogen and oxygen atoms in total. The number of nitrogens with one attached hydrogen (secondary N) is 2. The van der Waals surface area contributed by atoms with Crippen molar-refractivity contribution in [2.24, 2.45) is 4.99 Å². The average Bonchev–Trinajstić information content (AvgIpc) is 3.16. The van der Waals surface area contributed by atoms with Crippen LogP contribution in [0.15, 0.2) is 84.0 Å². The van der Waals surface area contributed by atoms with E-state index in [9.17, 15) is 5.11 Å². The Balaban J connectivity index is 1.68. The Labute approximate surface area is 196 Å². The quantitative estimate of drug-likeness (QED) is 0.261. The number of pyridine rings is 1. The molecular weight excluding hydrogens is 432 g/mol. The predicted molar refractivity (Wildman–Crippen MR) is 136 cm³/mol. The monoisotopic (exact) mass is 454 g/mol. The lowest BCUT2D eigenvalue weighted by Gasteiger charge is -2.10. The highest BCUT2D eigenvalue weighted by atomic mass is 35.5. The van der Waals surface area contributed by atoms with Gasteiger partial charge in [-0.25, -0.2) is 4.99 Å². The summed E-state index contributed by atoms with van der Waals surface area (Å²) in [4.78, 5) is 12.5. The third-order valence-electron chi connectivity index (χ3n) is 5.61. The Morgan fingerprint density at radius 3 is 2.73 bits per heavy atom. The molecule has 33 heavy (non-hydrogen) atoms. The highest BCUT2D eigenvalue weighted by molar-refractivity contribution is 6.31. The van der Waals surface area contributed by atoms with Crippen molar-refractivity contribution in [1.29, 1.82) is 0 Å². The Morgan fingerprint density at radius 1 is 1.06 bits per heavy atom. The van der Waals surface area contributed by atoms with Crippen molar-refractivity contribution in [3.05, 3.63) is 101 Å². The molecule has 164 valence electrons. The maximum Gasteiger partial charge on any atom is 0.199 e. The van der Waals surface area contributed by atoms with Crippen molar-refractivity contribution >= 4 is 44.8 Å². The molecule has 2 heterocycles. The van der Waals surface area contributed by atoms with E-state index in [0.29, 0.717) is 16.3 Å². The van der Waals surface area contributed by atoms with Gasteiger partial charge in [-0.1, -0.05) is 48.9 Å². The van der Waals surface area contributed by atoms with Gasteiger partial charge < -0.3 is 15.4 Å². The van der Waals surface area contributed by atoms with Gasteiger partial charge in [0, 0.05) is 34.1 Å². The number of halogens is 1. The normalized spacial score (nSPS) is 12.0. The molecule has 5 rings (SSSR count). The van der Waals surface area contributed by atoms with Gasteiger partial charge in [0.15, 0.2) is 5.88 Å². The second-order valence-corrected chi connectivity index (χ2v) is 8.29. The fourth-order valence-electron chi connectivity index (χ4n) is 3.97. The van der Waals surface area contributed by atoms with E-state index >= 15 is 0 Å². The van der Waals surface area contributed by atoms with Crippen LogP contribution >= 0.6 is 11.6 Å².